The van der Waals surface area contributed by atoms with Crippen LogP contribution in [0.15, 0.2) is 47.3 Å². The van der Waals surface area contributed by atoms with E-state index in [0.29, 0.717) is 5.69 Å². The summed E-state index contributed by atoms with van der Waals surface area (Å²) in [5.74, 6) is 0. The largest absolute Gasteiger partial charge is 0.397 e. The molecular formula is C14H14N4O. The highest BCUT2D eigenvalue weighted by molar-refractivity contribution is 5.82. The standard InChI is InChI=1S/C14H14N4O/c1-18-13-8-9(6-7-12(13)17-14(18)19)16-11-5-3-2-4-10(11)15/h2-8,16H,15H2,1H3,(H,17,19). The van der Waals surface area contributed by atoms with Gasteiger partial charge in [0.25, 0.3) is 0 Å². The van der Waals surface area contributed by atoms with E-state index in [4.69, 9.17) is 5.73 Å². The minimum Gasteiger partial charge on any atom is -0.397 e. The van der Waals surface area contributed by atoms with E-state index in [1.807, 2.05) is 42.5 Å². The minimum atomic E-state index is -0.119. The number of nitrogen functional groups attached to an aromatic ring is 1. The third-order valence-electron chi connectivity index (χ3n) is 3.15. The van der Waals surface area contributed by atoms with Gasteiger partial charge in [-0.05, 0) is 30.3 Å². The van der Waals surface area contributed by atoms with Crippen molar-refractivity contribution in [2.45, 2.75) is 0 Å². The van der Waals surface area contributed by atoms with Crippen LogP contribution in [0.3, 0.4) is 0 Å². The lowest BCUT2D eigenvalue weighted by Crippen LogP contribution is -2.11. The highest BCUT2D eigenvalue weighted by Gasteiger charge is 2.05. The van der Waals surface area contributed by atoms with Crippen LogP contribution in [-0.4, -0.2) is 9.55 Å². The van der Waals surface area contributed by atoms with Crippen LogP contribution in [0, 0.1) is 0 Å². The zero-order chi connectivity index (χ0) is 13.4. The van der Waals surface area contributed by atoms with Crippen molar-refractivity contribution in [2.24, 2.45) is 7.05 Å². The number of fused-ring (bicyclic) bond motifs is 1. The molecule has 0 amide bonds. The number of para-hydroxylation sites is 2. The number of nitrogens with two attached hydrogens (primary N) is 1. The Morgan fingerprint density at radius 2 is 2.00 bits per heavy atom. The SMILES string of the molecule is Cn1c(=O)[nH]c2ccc(Nc3ccccc3N)cc21. The molecule has 3 aromatic rings. The van der Waals surface area contributed by atoms with E-state index in [1.165, 1.54) is 0 Å². The van der Waals surface area contributed by atoms with Crippen molar-refractivity contribution in [1.29, 1.82) is 0 Å². The Balaban J connectivity index is 2.04. The molecule has 19 heavy (non-hydrogen) atoms. The molecule has 0 aliphatic carbocycles. The molecule has 1 aromatic heterocycles. The van der Waals surface area contributed by atoms with E-state index in [9.17, 15) is 4.79 Å². The molecule has 0 spiro atoms. The fourth-order valence-electron chi connectivity index (χ4n) is 2.07. The monoisotopic (exact) mass is 254 g/mol. The summed E-state index contributed by atoms with van der Waals surface area (Å²) in [5, 5.41) is 3.25. The molecule has 0 atom stereocenters. The van der Waals surface area contributed by atoms with Crippen LogP contribution in [0.25, 0.3) is 11.0 Å². The quantitative estimate of drug-likeness (QED) is 0.613. The van der Waals surface area contributed by atoms with Crippen molar-refractivity contribution in [3.63, 3.8) is 0 Å². The van der Waals surface area contributed by atoms with Gasteiger partial charge >= 0.3 is 5.69 Å². The summed E-state index contributed by atoms with van der Waals surface area (Å²) in [5.41, 5.74) is 9.87. The summed E-state index contributed by atoms with van der Waals surface area (Å²) in [7, 11) is 1.74. The van der Waals surface area contributed by atoms with Crippen molar-refractivity contribution in [2.75, 3.05) is 11.1 Å². The summed E-state index contributed by atoms with van der Waals surface area (Å²) in [6.07, 6.45) is 0. The van der Waals surface area contributed by atoms with Crippen molar-refractivity contribution in [1.82, 2.24) is 9.55 Å². The van der Waals surface area contributed by atoms with E-state index in [-0.39, 0.29) is 5.69 Å². The first-order valence-corrected chi connectivity index (χ1v) is 5.95. The first-order valence-electron chi connectivity index (χ1n) is 5.95. The van der Waals surface area contributed by atoms with Gasteiger partial charge in [0.05, 0.1) is 22.4 Å². The molecule has 96 valence electrons. The fourth-order valence-corrected chi connectivity index (χ4v) is 2.07. The highest BCUT2D eigenvalue weighted by Crippen LogP contribution is 2.24. The van der Waals surface area contributed by atoms with Crippen molar-refractivity contribution in [3.05, 3.63) is 52.9 Å². The Labute approximate surface area is 109 Å². The van der Waals surface area contributed by atoms with Crippen molar-refractivity contribution >= 4 is 28.1 Å². The molecular weight excluding hydrogens is 240 g/mol. The molecule has 0 bridgehead atoms. The number of anilines is 3. The molecule has 0 unspecified atom stereocenters. The summed E-state index contributed by atoms with van der Waals surface area (Å²) in [6.45, 7) is 0. The zero-order valence-corrected chi connectivity index (χ0v) is 10.5. The predicted octanol–water partition coefficient (Wildman–Crippen LogP) is 2.19. The van der Waals surface area contributed by atoms with Gasteiger partial charge in [-0.2, -0.15) is 0 Å². The summed E-state index contributed by atoms with van der Waals surface area (Å²) < 4.78 is 1.58. The molecule has 4 N–H and O–H groups in total. The number of hydrogen-bond donors (Lipinski definition) is 3. The van der Waals surface area contributed by atoms with E-state index in [0.717, 1.165) is 22.4 Å². The number of benzene rings is 2. The van der Waals surface area contributed by atoms with E-state index in [1.54, 1.807) is 11.6 Å². The van der Waals surface area contributed by atoms with E-state index < -0.39 is 0 Å². The van der Waals surface area contributed by atoms with Crippen LogP contribution in [0.2, 0.25) is 0 Å². The molecule has 0 aliphatic heterocycles. The molecule has 0 fully saturated rings. The number of hydrogen-bond acceptors (Lipinski definition) is 3. The number of nitrogens with zero attached hydrogens (tertiary/aromatic N) is 1. The van der Waals surface area contributed by atoms with Crippen LogP contribution in [0.1, 0.15) is 0 Å². The Morgan fingerprint density at radius 3 is 2.79 bits per heavy atom. The number of aromatic amines is 1. The smallest absolute Gasteiger partial charge is 0.326 e. The molecule has 1 heterocycles. The van der Waals surface area contributed by atoms with E-state index >= 15 is 0 Å². The van der Waals surface area contributed by atoms with Crippen LogP contribution in [0.5, 0.6) is 0 Å². The fraction of sp³-hybridized carbons (Fsp3) is 0.0714. The Bertz CT molecular complexity index is 801. The summed E-state index contributed by atoms with van der Waals surface area (Å²) in [6, 6.07) is 13.3. The summed E-state index contributed by atoms with van der Waals surface area (Å²) in [4.78, 5) is 14.3. The van der Waals surface area contributed by atoms with Crippen LogP contribution < -0.4 is 16.7 Å². The molecule has 2 aromatic carbocycles. The van der Waals surface area contributed by atoms with E-state index in [2.05, 4.69) is 10.3 Å². The Hall–Kier alpha value is -2.69. The minimum absolute atomic E-state index is 0.119. The maximum Gasteiger partial charge on any atom is 0.326 e. The number of aryl methyl sites for hydroxylation is 1. The molecule has 0 aliphatic rings. The highest BCUT2D eigenvalue weighted by atomic mass is 16.1. The third kappa shape index (κ3) is 1.95. The molecule has 5 heteroatoms. The molecule has 0 radical (unpaired) electrons. The van der Waals surface area contributed by atoms with Crippen molar-refractivity contribution in [3.8, 4) is 0 Å². The van der Waals surface area contributed by atoms with Gasteiger partial charge in [-0.3, -0.25) is 4.57 Å². The second kappa shape index (κ2) is 4.20. The number of imidazole rings is 1. The van der Waals surface area contributed by atoms with Gasteiger partial charge in [-0.25, -0.2) is 4.79 Å². The van der Waals surface area contributed by atoms with Gasteiger partial charge in [-0.1, -0.05) is 12.1 Å². The first kappa shape index (κ1) is 11.4. The van der Waals surface area contributed by atoms with Gasteiger partial charge in [0.2, 0.25) is 0 Å². The first-order chi connectivity index (χ1) is 9.15. The van der Waals surface area contributed by atoms with Gasteiger partial charge < -0.3 is 16.0 Å². The van der Waals surface area contributed by atoms with Gasteiger partial charge in [0.15, 0.2) is 0 Å². The van der Waals surface area contributed by atoms with Crippen molar-refractivity contribution < 1.29 is 0 Å². The van der Waals surface area contributed by atoms with Crippen LogP contribution in [-0.2, 0) is 7.05 Å². The lowest BCUT2D eigenvalue weighted by atomic mass is 10.2. The third-order valence-corrected chi connectivity index (χ3v) is 3.15. The molecule has 0 saturated heterocycles. The Kier molecular flexibility index (Phi) is 2.52. The average molecular weight is 254 g/mol. The average Bonchev–Trinajstić information content (AvgIpc) is 2.68. The lowest BCUT2D eigenvalue weighted by Gasteiger charge is -2.09. The lowest BCUT2D eigenvalue weighted by molar-refractivity contribution is 0.892. The van der Waals surface area contributed by atoms with Crippen LogP contribution >= 0.6 is 0 Å². The van der Waals surface area contributed by atoms with Gasteiger partial charge in [-0.15, -0.1) is 0 Å². The molecule has 3 rings (SSSR count). The zero-order valence-electron chi connectivity index (χ0n) is 10.5. The molecule has 0 saturated carbocycles. The number of aromatic nitrogens is 2. The predicted molar refractivity (Wildman–Crippen MR) is 77.7 cm³/mol. The number of H-pyrrole nitrogens is 1. The van der Waals surface area contributed by atoms with Crippen LogP contribution in [0.4, 0.5) is 17.1 Å². The second-order valence-corrected chi connectivity index (χ2v) is 4.43. The number of nitrogens with one attached hydrogen (secondary N) is 2. The Morgan fingerprint density at radius 1 is 1.21 bits per heavy atom. The number of rotatable bonds is 2. The summed E-state index contributed by atoms with van der Waals surface area (Å²) >= 11 is 0. The topological polar surface area (TPSA) is 75.8 Å². The maximum absolute atomic E-state index is 11.5. The molecule has 5 nitrogen and oxygen atoms in total. The van der Waals surface area contributed by atoms with Gasteiger partial charge in [0, 0.05) is 12.7 Å². The normalized spacial score (nSPS) is 10.8. The second-order valence-electron chi connectivity index (χ2n) is 4.43. The van der Waals surface area contributed by atoms with Gasteiger partial charge in [0.1, 0.15) is 0 Å². The maximum atomic E-state index is 11.5.